The van der Waals surface area contributed by atoms with Crippen LogP contribution in [0.5, 0.6) is 5.06 Å². The Balaban J connectivity index is 2.27. The van der Waals surface area contributed by atoms with Crippen molar-refractivity contribution in [3.05, 3.63) is 69.3 Å². The normalized spacial score (nSPS) is 10.7. The second-order valence-electron chi connectivity index (χ2n) is 6.36. The molecule has 0 radical (unpaired) electrons. The summed E-state index contributed by atoms with van der Waals surface area (Å²) >= 11 is 1.09. The number of carbonyl (C=O) groups excluding carboxylic acids is 1. The molecule has 138 valence electrons. The fraction of sp³-hybridized carbons (Fsp3) is 0.190. The van der Waals surface area contributed by atoms with Crippen LogP contribution in [0, 0.1) is 26.6 Å². The van der Waals surface area contributed by atoms with Crippen molar-refractivity contribution in [3.63, 3.8) is 0 Å². The van der Waals surface area contributed by atoms with E-state index in [0.717, 1.165) is 33.6 Å². The van der Waals surface area contributed by atoms with Crippen LogP contribution in [-0.2, 0) is 4.79 Å². The Kier molecular flexibility index (Phi) is 5.19. The maximum Gasteiger partial charge on any atom is 0.308 e. The third-order valence-electron chi connectivity index (χ3n) is 4.07. The molecule has 0 saturated heterocycles. The summed E-state index contributed by atoms with van der Waals surface area (Å²) in [6.07, 6.45) is 0. The van der Waals surface area contributed by atoms with Gasteiger partial charge in [0.25, 0.3) is 5.56 Å². The van der Waals surface area contributed by atoms with Gasteiger partial charge in [0, 0.05) is 12.5 Å². The van der Waals surface area contributed by atoms with Gasteiger partial charge in [0.15, 0.2) is 5.06 Å². The molecule has 0 aliphatic heterocycles. The van der Waals surface area contributed by atoms with Crippen molar-refractivity contribution < 1.29 is 13.9 Å². The van der Waals surface area contributed by atoms with Gasteiger partial charge in [-0.05, 0) is 61.7 Å². The first kappa shape index (κ1) is 18.9. The molecule has 0 unspecified atom stereocenters. The SMILES string of the molecule is CC(=O)Oc1sc(-c2ccc(F)cc2)nc(=O)c1-c1c(C)cc(C)cc1C. The Bertz CT molecular complexity index is 1060. The lowest BCUT2D eigenvalue weighted by Crippen LogP contribution is -2.14. The van der Waals surface area contributed by atoms with Gasteiger partial charge in [-0.15, -0.1) is 0 Å². The molecule has 0 aliphatic rings. The molecule has 1 aromatic heterocycles. The van der Waals surface area contributed by atoms with E-state index in [0.29, 0.717) is 10.6 Å². The topological polar surface area (TPSA) is 56.3 Å². The summed E-state index contributed by atoms with van der Waals surface area (Å²) in [6.45, 7) is 7.08. The number of halogens is 1. The molecule has 1 heterocycles. The third-order valence-corrected chi connectivity index (χ3v) is 5.06. The van der Waals surface area contributed by atoms with E-state index in [1.54, 1.807) is 0 Å². The standard InChI is InChI=1S/C21H18FNO3S/c1-11-9-12(2)17(13(3)10-11)18-19(25)23-20(27-21(18)26-14(4)24)15-5-7-16(22)8-6-15/h5-10H,1-4H3. The number of rotatable bonds is 3. The van der Waals surface area contributed by atoms with Crippen LogP contribution in [0.4, 0.5) is 4.39 Å². The summed E-state index contributed by atoms with van der Waals surface area (Å²) in [4.78, 5) is 28.7. The summed E-state index contributed by atoms with van der Waals surface area (Å²) < 4.78 is 18.6. The largest absolute Gasteiger partial charge is 0.415 e. The number of hydrogen-bond acceptors (Lipinski definition) is 5. The highest BCUT2D eigenvalue weighted by Crippen LogP contribution is 2.38. The molecule has 0 aliphatic carbocycles. The molecule has 3 aromatic rings. The van der Waals surface area contributed by atoms with Gasteiger partial charge < -0.3 is 4.74 Å². The van der Waals surface area contributed by atoms with Crippen LogP contribution in [0.2, 0.25) is 0 Å². The lowest BCUT2D eigenvalue weighted by molar-refractivity contribution is -0.131. The van der Waals surface area contributed by atoms with Crippen LogP contribution in [0.1, 0.15) is 23.6 Å². The highest BCUT2D eigenvalue weighted by Gasteiger charge is 2.21. The summed E-state index contributed by atoms with van der Waals surface area (Å²) in [5.41, 5.74) is 3.97. The summed E-state index contributed by atoms with van der Waals surface area (Å²) in [5, 5.41) is 0.555. The Morgan fingerprint density at radius 1 is 1.04 bits per heavy atom. The first-order valence-corrected chi connectivity index (χ1v) is 9.15. The predicted molar refractivity (Wildman–Crippen MR) is 105 cm³/mol. The maximum absolute atomic E-state index is 13.2. The van der Waals surface area contributed by atoms with Gasteiger partial charge >= 0.3 is 5.97 Å². The molecule has 4 nitrogen and oxygen atoms in total. The van der Waals surface area contributed by atoms with Crippen LogP contribution in [0.15, 0.2) is 41.2 Å². The average Bonchev–Trinajstić information content (AvgIpc) is 2.56. The van der Waals surface area contributed by atoms with Gasteiger partial charge in [-0.25, -0.2) is 4.39 Å². The van der Waals surface area contributed by atoms with Crippen LogP contribution in [-0.4, -0.2) is 11.0 Å². The molecule has 0 spiro atoms. The average molecular weight is 383 g/mol. The highest BCUT2D eigenvalue weighted by atomic mass is 32.1. The minimum Gasteiger partial charge on any atom is -0.415 e. The fourth-order valence-electron chi connectivity index (χ4n) is 3.10. The van der Waals surface area contributed by atoms with E-state index in [-0.39, 0.29) is 16.4 Å². The molecular weight excluding hydrogens is 365 g/mol. The molecule has 27 heavy (non-hydrogen) atoms. The van der Waals surface area contributed by atoms with Crippen molar-refractivity contribution in [1.29, 1.82) is 0 Å². The van der Waals surface area contributed by atoms with Crippen molar-refractivity contribution in [2.45, 2.75) is 27.7 Å². The van der Waals surface area contributed by atoms with Crippen LogP contribution in [0.25, 0.3) is 21.7 Å². The summed E-state index contributed by atoms with van der Waals surface area (Å²) in [6, 6.07) is 9.60. The van der Waals surface area contributed by atoms with E-state index in [9.17, 15) is 14.0 Å². The van der Waals surface area contributed by atoms with E-state index < -0.39 is 11.5 Å². The molecule has 0 N–H and O–H groups in total. The molecule has 0 fully saturated rings. The van der Waals surface area contributed by atoms with Crippen molar-refractivity contribution >= 4 is 17.3 Å². The van der Waals surface area contributed by atoms with E-state index in [1.165, 1.54) is 31.2 Å². The van der Waals surface area contributed by atoms with Gasteiger partial charge in [0.05, 0.1) is 0 Å². The Labute approximate surface area is 160 Å². The number of esters is 1. The van der Waals surface area contributed by atoms with Crippen molar-refractivity contribution in [2.24, 2.45) is 0 Å². The third kappa shape index (κ3) is 3.95. The Morgan fingerprint density at radius 3 is 2.19 bits per heavy atom. The van der Waals surface area contributed by atoms with Gasteiger partial charge in [-0.1, -0.05) is 29.0 Å². The molecule has 6 heteroatoms. The van der Waals surface area contributed by atoms with Crippen LogP contribution < -0.4 is 10.3 Å². The predicted octanol–water partition coefficient (Wildman–Crippen LogP) is 4.83. The van der Waals surface area contributed by atoms with Gasteiger partial charge in [0.1, 0.15) is 16.4 Å². The van der Waals surface area contributed by atoms with Crippen LogP contribution >= 0.6 is 11.3 Å². The molecule has 0 saturated carbocycles. The molecule has 0 bridgehead atoms. The summed E-state index contributed by atoms with van der Waals surface area (Å²) in [5.74, 6) is -0.903. The van der Waals surface area contributed by atoms with Crippen LogP contribution in [0.3, 0.4) is 0 Å². The van der Waals surface area contributed by atoms with E-state index >= 15 is 0 Å². The van der Waals surface area contributed by atoms with Crippen molar-refractivity contribution in [1.82, 2.24) is 4.98 Å². The quantitative estimate of drug-likeness (QED) is 0.608. The molecule has 0 atom stereocenters. The van der Waals surface area contributed by atoms with Crippen molar-refractivity contribution in [2.75, 3.05) is 0 Å². The van der Waals surface area contributed by atoms with E-state index in [1.807, 2.05) is 32.9 Å². The number of aryl methyl sites for hydroxylation is 3. The first-order valence-electron chi connectivity index (χ1n) is 8.34. The Morgan fingerprint density at radius 2 is 1.63 bits per heavy atom. The number of aromatic nitrogens is 1. The number of hydrogen-bond donors (Lipinski definition) is 0. The molecule has 0 amide bonds. The zero-order valence-electron chi connectivity index (χ0n) is 15.4. The smallest absolute Gasteiger partial charge is 0.308 e. The number of ether oxygens (including phenoxy) is 1. The number of carbonyl (C=O) groups is 1. The first-order chi connectivity index (χ1) is 12.8. The number of benzene rings is 2. The molecule has 3 rings (SSSR count). The van der Waals surface area contributed by atoms with Gasteiger partial charge in [-0.3, -0.25) is 9.59 Å². The lowest BCUT2D eigenvalue weighted by atomic mass is 9.95. The second kappa shape index (κ2) is 7.40. The lowest BCUT2D eigenvalue weighted by Gasteiger charge is -2.14. The van der Waals surface area contributed by atoms with E-state index in [4.69, 9.17) is 4.74 Å². The monoisotopic (exact) mass is 383 g/mol. The number of nitrogens with zero attached hydrogens (tertiary/aromatic N) is 1. The maximum atomic E-state index is 13.2. The zero-order valence-corrected chi connectivity index (χ0v) is 16.2. The van der Waals surface area contributed by atoms with Gasteiger partial charge in [-0.2, -0.15) is 4.98 Å². The van der Waals surface area contributed by atoms with Crippen molar-refractivity contribution in [3.8, 4) is 26.8 Å². The molecular formula is C21H18FNO3S. The minimum absolute atomic E-state index is 0.192. The summed E-state index contributed by atoms with van der Waals surface area (Å²) in [7, 11) is 0. The Hall–Kier alpha value is -2.86. The minimum atomic E-state index is -0.523. The second-order valence-corrected chi connectivity index (χ2v) is 7.32. The molecule has 2 aromatic carbocycles. The van der Waals surface area contributed by atoms with E-state index in [2.05, 4.69) is 4.98 Å². The zero-order chi connectivity index (χ0) is 19.7. The fourth-order valence-corrected chi connectivity index (χ4v) is 4.11. The van der Waals surface area contributed by atoms with Gasteiger partial charge in [0.2, 0.25) is 0 Å². The highest BCUT2D eigenvalue weighted by molar-refractivity contribution is 7.17.